The number of aromatic nitrogens is 2. The van der Waals surface area contributed by atoms with E-state index in [9.17, 15) is 12.8 Å². The summed E-state index contributed by atoms with van der Waals surface area (Å²) in [6.45, 7) is 3.75. The molecule has 2 atom stereocenters. The fraction of sp³-hybridized carbons (Fsp3) is 0.296. The van der Waals surface area contributed by atoms with Gasteiger partial charge in [-0.25, -0.2) is 22.2 Å². The Morgan fingerprint density at radius 1 is 1.11 bits per heavy atom. The molecule has 9 heteroatoms. The van der Waals surface area contributed by atoms with Gasteiger partial charge in [-0.1, -0.05) is 12.1 Å². The quantitative estimate of drug-likeness (QED) is 0.286. The topological polar surface area (TPSA) is 73.2 Å². The summed E-state index contributed by atoms with van der Waals surface area (Å²) < 4.78 is 50.1. The number of benzene rings is 3. The van der Waals surface area contributed by atoms with Gasteiger partial charge in [0.1, 0.15) is 17.2 Å². The third-order valence-corrected chi connectivity index (χ3v) is 9.51. The van der Waals surface area contributed by atoms with E-state index in [1.54, 1.807) is 34.8 Å². The average Bonchev–Trinajstić information content (AvgIpc) is 3.66. The Bertz CT molecular complexity index is 1480. The third-order valence-electron chi connectivity index (χ3n) is 6.73. The van der Waals surface area contributed by atoms with E-state index >= 15 is 0 Å². The molecular formula is C27H28FN3O3S2. The van der Waals surface area contributed by atoms with Crippen molar-refractivity contribution in [1.29, 1.82) is 0 Å². The van der Waals surface area contributed by atoms with Gasteiger partial charge in [0.15, 0.2) is 0 Å². The second-order valence-corrected chi connectivity index (χ2v) is 12.1. The molecule has 1 aromatic heterocycles. The zero-order chi connectivity index (χ0) is 25.5. The molecule has 0 spiro atoms. The van der Waals surface area contributed by atoms with E-state index in [0.29, 0.717) is 18.6 Å². The number of rotatable bonds is 9. The Morgan fingerprint density at radius 3 is 2.44 bits per heavy atom. The number of fused-ring (bicyclic) bond motifs is 1. The third kappa shape index (κ3) is 4.87. The number of halogens is 1. The molecule has 1 fully saturated rings. The monoisotopic (exact) mass is 525 g/mol. The van der Waals surface area contributed by atoms with E-state index < -0.39 is 21.7 Å². The Morgan fingerprint density at radius 2 is 1.81 bits per heavy atom. The first-order valence-corrected chi connectivity index (χ1v) is 14.5. The number of hydrogen-bond donors (Lipinski definition) is 1. The van der Waals surface area contributed by atoms with E-state index in [-0.39, 0.29) is 11.1 Å². The molecule has 5 rings (SSSR count). The SMILES string of the molecule is CSc1ccc([C@](C)(Oc2ccc3c(cnn3-c3ccc(F)cc3)c2)[C@H](C)NS(=O)(=O)C2CC2)cc1. The van der Waals surface area contributed by atoms with Crippen LogP contribution in [0.4, 0.5) is 4.39 Å². The Kier molecular flexibility index (Phi) is 6.57. The van der Waals surface area contributed by atoms with E-state index in [4.69, 9.17) is 4.74 Å². The molecule has 6 nitrogen and oxygen atoms in total. The van der Waals surface area contributed by atoms with Crippen molar-refractivity contribution in [2.75, 3.05) is 6.26 Å². The summed E-state index contributed by atoms with van der Waals surface area (Å²) >= 11 is 1.64. The molecule has 0 aliphatic heterocycles. The van der Waals surface area contributed by atoms with Crippen LogP contribution in [-0.2, 0) is 15.6 Å². The molecule has 1 heterocycles. The Labute approximate surface area is 214 Å². The van der Waals surface area contributed by atoms with Crippen molar-refractivity contribution < 1.29 is 17.5 Å². The van der Waals surface area contributed by atoms with Crippen LogP contribution in [0.5, 0.6) is 5.75 Å². The summed E-state index contributed by atoms with van der Waals surface area (Å²) in [6, 6.07) is 19.3. The van der Waals surface area contributed by atoms with Gasteiger partial charge in [0, 0.05) is 10.3 Å². The lowest BCUT2D eigenvalue weighted by molar-refractivity contribution is 0.0576. The zero-order valence-corrected chi connectivity index (χ0v) is 21.9. The molecule has 0 radical (unpaired) electrons. The van der Waals surface area contributed by atoms with Gasteiger partial charge in [0.2, 0.25) is 10.0 Å². The first-order chi connectivity index (χ1) is 17.2. The summed E-state index contributed by atoms with van der Waals surface area (Å²) in [7, 11) is -3.42. The van der Waals surface area contributed by atoms with Crippen LogP contribution in [0.2, 0.25) is 0 Å². The number of nitrogens with zero attached hydrogens (tertiary/aromatic N) is 2. The fourth-order valence-corrected chi connectivity index (χ4v) is 6.34. The van der Waals surface area contributed by atoms with Crippen molar-refractivity contribution in [1.82, 2.24) is 14.5 Å². The van der Waals surface area contributed by atoms with Crippen LogP contribution in [0.3, 0.4) is 0 Å². The van der Waals surface area contributed by atoms with Crippen LogP contribution in [0, 0.1) is 5.82 Å². The summed E-state index contributed by atoms with van der Waals surface area (Å²) in [5.41, 5.74) is 1.50. The van der Waals surface area contributed by atoms with Crippen LogP contribution in [-0.4, -0.2) is 35.7 Å². The lowest BCUT2D eigenvalue weighted by Gasteiger charge is -2.37. The lowest BCUT2D eigenvalue weighted by atomic mass is 9.89. The van der Waals surface area contributed by atoms with Gasteiger partial charge < -0.3 is 4.74 Å². The molecule has 3 aromatic carbocycles. The number of sulfonamides is 1. The van der Waals surface area contributed by atoms with Crippen LogP contribution in [0.1, 0.15) is 32.3 Å². The van der Waals surface area contributed by atoms with Crippen LogP contribution < -0.4 is 9.46 Å². The molecule has 1 N–H and O–H groups in total. The highest BCUT2D eigenvalue weighted by Gasteiger charge is 2.42. The lowest BCUT2D eigenvalue weighted by Crippen LogP contribution is -2.51. The summed E-state index contributed by atoms with van der Waals surface area (Å²) in [5.74, 6) is 0.289. The van der Waals surface area contributed by atoms with Gasteiger partial charge >= 0.3 is 0 Å². The van der Waals surface area contributed by atoms with Gasteiger partial charge in [-0.3, -0.25) is 0 Å². The van der Waals surface area contributed by atoms with Crippen molar-refractivity contribution in [3.8, 4) is 11.4 Å². The number of hydrogen-bond acceptors (Lipinski definition) is 5. The molecule has 1 aliphatic rings. The minimum Gasteiger partial charge on any atom is -0.481 e. The predicted octanol–water partition coefficient (Wildman–Crippen LogP) is 5.65. The molecular weight excluding hydrogens is 497 g/mol. The Hall–Kier alpha value is -2.88. The van der Waals surface area contributed by atoms with E-state index in [1.807, 2.05) is 62.6 Å². The smallest absolute Gasteiger partial charge is 0.214 e. The minimum atomic E-state index is -3.42. The van der Waals surface area contributed by atoms with Crippen molar-refractivity contribution >= 4 is 32.7 Å². The normalized spacial score (nSPS) is 16.6. The van der Waals surface area contributed by atoms with Gasteiger partial charge in [-0.2, -0.15) is 5.10 Å². The molecule has 1 aliphatic carbocycles. The predicted molar refractivity (Wildman–Crippen MR) is 142 cm³/mol. The van der Waals surface area contributed by atoms with Gasteiger partial charge in [-0.15, -0.1) is 11.8 Å². The maximum atomic E-state index is 13.4. The van der Waals surface area contributed by atoms with Gasteiger partial charge in [0.25, 0.3) is 0 Å². The summed E-state index contributed by atoms with van der Waals surface area (Å²) in [6.07, 6.45) is 5.13. The first kappa shape index (κ1) is 24.8. The van der Waals surface area contributed by atoms with Crippen molar-refractivity contribution in [3.05, 3.63) is 84.3 Å². The molecule has 4 aromatic rings. The Balaban J connectivity index is 1.49. The average molecular weight is 526 g/mol. The molecule has 0 unspecified atom stereocenters. The number of nitrogens with one attached hydrogen (secondary N) is 1. The molecule has 0 amide bonds. The summed E-state index contributed by atoms with van der Waals surface area (Å²) in [5, 5.41) is 4.99. The van der Waals surface area contributed by atoms with Crippen molar-refractivity contribution in [3.63, 3.8) is 0 Å². The standard InChI is InChI=1S/C27H28FN3O3S2/c1-18(30-36(32,33)25-13-14-25)27(2,20-4-11-24(35-3)12-5-20)34-23-10-15-26-19(16-23)17-29-31(26)22-8-6-21(28)7-9-22/h4-12,15-18,25,30H,13-14H2,1-3H3/t18-,27+/m0/s1. The van der Waals surface area contributed by atoms with E-state index in [2.05, 4.69) is 9.82 Å². The number of ether oxygens (including phenoxy) is 1. The highest BCUT2D eigenvalue weighted by molar-refractivity contribution is 7.98. The first-order valence-electron chi connectivity index (χ1n) is 11.8. The van der Waals surface area contributed by atoms with E-state index in [0.717, 1.165) is 27.0 Å². The highest BCUT2D eigenvalue weighted by atomic mass is 32.2. The van der Waals surface area contributed by atoms with Crippen LogP contribution >= 0.6 is 11.8 Å². The van der Waals surface area contributed by atoms with Crippen molar-refractivity contribution in [2.24, 2.45) is 0 Å². The second kappa shape index (κ2) is 9.53. The summed E-state index contributed by atoms with van der Waals surface area (Å²) in [4.78, 5) is 1.11. The number of thioether (sulfide) groups is 1. The second-order valence-electron chi connectivity index (χ2n) is 9.27. The highest BCUT2D eigenvalue weighted by Crippen LogP contribution is 2.36. The van der Waals surface area contributed by atoms with Crippen LogP contribution in [0.15, 0.2) is 77.8 Å². The minimum absolute atomic E-state index is 0.304. The van der Waals surface area contributed by atoms with Crippen LogP contribution in [0.25, 0.3) is 16.6 Å². The molecule has 0 saturated heterocycles. The molecule has 1 saturated carbocycles. The largest absolute Gasteiger partial charge is 0.481 e. The molecule has 0 bridgehead atoms. The molecule has 36 heavy (non-hydrogen) atoms. The van der Waals surface area contributed by atoms with Crippen molar-refractivity contribution in [2.45, 2.75) is 48.5 Å². The fourth-order valence-electron chi connectivity index (χ4n) is 4.26. The maximum absolute atomic E-state index is 13.4. The van der Waals surface area contributed by atoms with Gasteiger partial charge in [-0.05, 0) is 93.1 Å². The molecule has 188 valence electrons. The zero-order valence-electron chi connectivity index (χ0n) is 20.3. The maximum Gasteiger partial charge on any atom is 0.214 e. The van der Waals surface area contributed by atoms with E-state index in [1.165, 1.54) is 12.1 Å². The van der Waals surface area contributed by atoms with Gasteiger partial charge in [0.05, 0.1) is 28.7 Å².